The Labute approximate surface area is 173 Å². The highest BCUT2D eigenvalue weighted by atomic mass is 16.5. The number of anilines is 2. The molecule has 0 aliphatic carbocycles. The van der Waals surface area contributed by atoms with Crippen LogP contribution in [0, 0.1) is 0 Å². The van der Waals surface area contributed by atoms with Gasteiger partial charge < -0.3 is 9.47 Å². The van der Waals surface area contributed by atoms with E-state index in [4.69, 9.17) is 14.6 Å². The molecule has 29 heavy (non-hydrogen) atoms. The smallest absolute Gasteiger partial charge is 0.131 e. The van der Waals surface area contributed by atoms with Crippen molar-refractivity contribution in [1.29, 1.82) is 0 Å². The van der Waals surface area contributed by atoms with Crippen molar-refractivity contribution in [3.8, 4) is 11.5 Å². The lowest BCUT2D eigenvalue weighted by molar-refractivity contribution is 0.301. The molecule has 0 saturated carbocycles. The van der Waals surface area contributed by atoms with Crippen LogP contribution >= 0.6 is 0 Å². The average molecular weight is 389 g/mol. The molecule has 0 unspecified atom stereocenters. The second kappa shape index (κ2) is 10.9. The van der Waals surface area contributed by atoms with E-state index in [1.165, 1.54) is 0 Å². The molecular formula is C25H28N2O2. The van der Waals surface area contributed by atoms with Gasteiger partial charge in [0.05, 0.1) is 30.8 Å². The molecule has 3 aromatic rings. The normalized spacial score (nSPS) is 10.8. The fourth-order valence-corrected chi connectivity index (χ4v) is 2.81. The van der Waals surface area contributed by atoms with Gasteiger partial charge in [-0.15, -0.1) is 0 Å². The van der Waals surface area contributed by atoms with Crippen molar-refractivity contribution in [3.63, 3.8) is 0 Å². The summed E-state index contributed by atoms with van der Waals surface area (Å²) in [6.07, 6.45) is 3.75. The molecule has 3 rings (SSSR count). The molecule has 0 aliphatic rings. The van der Waals surface area contributed by atoms with Gasteiger partial charge >= 0.3 is 0 Å². The van der Waals surface area contributed by atoms with Crippen LogP contribution in [0.1, 0.15) is 32.3 Å². The van der Waals surface area contributed by atoms with Crippen LogP contribution in [0.4, 0.5) is 11.4 Å². The van der Waals surface area contributed by atoms with E-state index in [1.807, 2.05) is 90.1 Å². The van der Waals surface area contributed by atoms with Crippen molar-refractivity contribution < 1.29 is 9.47 Å². The zero-order valence-electron chi connectivity index (χ0n) is 17.1. The molecule has 0 radical (unpaired) electrons. The Balaban J connectivity index is 1.92. The van der Waals surface area contributed by atoms with E-state index in [0.29, 0.717) is 13.2 Å². The van der Waals surface area contributed by atoms with Gasteiger partial charge in [-0.3, -0.25) is 0 Å². The fourth-order valence-electron chi connectivity index (χ4n) is 2.81. The van der Waals surface area contributed by atoms with E-state index in [0.717, 1.165) is 41.3 Å². The molecule has 0 heterocycles. The number of ether oxygens (including phenoxy) is 2. The molecular weight excluding hydrogens is 360 g/mol. The minimum absolute atomic E-state index is 0.652. The minimum Gasteiger partial charge on any atom is -0.493 e. The first-order chi connectivity index (χ1) is 14.3. The molecule has 0 aliphatic heterocycles. The highest BCUT2D eigenvalue weighted by molar-refractivity contribution is 5.85. The van der Waals surface area contributed by atoms with Gasteiger partial charge in [-0.1, -0.05) is 50.2 Å². The van der Waals surface area contributed by atoms with Crippen LogP contribution in [0.25, 0.3) is 0 Å². The third-order valence-electron chi connectivity index (χ3n) is 4.23. The molecule has 4 heteroatoms. The first-order valence-corrected chi connectivity index (χ1v) is 10.2. The van der Waals surface area contributed by atoms with E-state index in [1.54, 1.807) is 0 Å². The fraction of sp³-hybridized carbons (Fsp3) is 0.240. The van der Waals surface area contributed by atoms with Crippen molar-refractivity contribution in [3.05, 3.63) is 84.4 Å². The molecule has 0 amide bonds. The Hall–Kier alpha value is -3.27. The van der Waals surface area contributed by atoms with Gasteiger partial charge in [0.1, 0.15) is 11.5 Å². The third kappa shape index (κ3) is 5.85. The maximum absolute atomic E-state index is 5.96. The lowest BCUT2D eigenvalue weighted by atomic mass is 10.2. The van der Waals surface area contributed by atoms with Crippen LogP contribution in [0.3, 0.4) is 0 Å². The summed E-state index contributed by atoms with van der Waals surface area (Å²) in [5.74, 6) is 1.60. The van der Waals surface area contributed by atoms with Gasteiger partial charge in [-0.05, 0) is 49.2 Å². The zero-order valence-corrected chi connectivity index (χ0v) is 17.1. The Morgan fingerprint density at radius 3 is 1.93 bits per heavy atom. The molecule has 0 N–H and O–H groups in total. The summed E-state index contributed by atoms with van der Waals surface area (Å²) in [7, 11) is 0. The summed E-state index contributed by atoms with van der Waals surface area (Å²) >= 11 is 0. The van der Waals surface area contributed by atoms with Gasteiger partial charge in [0, 0.05) is 11.6 Å². The Bertz CT molecular complexity index is 856. The number of hydrogen-bond donors (Lipinski definition) is 0. The van der Waals surface area contributed by atoms with Gasteiger partial charge in [-0.25, -0.2) is 5.01 Å². The maximum atomic E-state index is 5.96. The monoisotopic (exact) mass is 388 g/mol. The van der Waals surface area contributed by atoms with E-state index in [2.05, 4.69) is 13.8 Å². The number of benzene rings is 3. The summed E-state index contributed by atoms with van der Waals surface area (Å²) < 4.78 is 11.7. The highest BCUT2D eigenvalue weighted by Crippen LogP contribution is 2.27. The van der Waals surface area contributed by atoms with Crippen molar-refractivity contribution in [2.75, 3.05) is 18.2 Å². The van der Waals surface area contributed by atoms with Gasteiger partial charge in [-0.2, -0.15) is 5.10 Å². The quantitative estimate of drug-likeness (QED) is 0.296. The third-order valence-corrected chi connectivity index (χ3v) is 4.23. The standard InChI is InChI=1S/C25H28N2O2/c1-3-17-28-24-16-15-21(25(19-24)29-18-4-2)20-26-27(22-11-7-5-8-12-22)23-13-9-6-10-14-23/h5-16,19-20H,3-4,17-18H2,1-2H3/b26-20-. The number of rotatable bonds is 10. The van der Waals surface area contributed by atoms with Crippen molar-refractivity contribution in [2.24, 2.45) is 5.10 Å². The average Bonchev–Trinajstić information content (AvgIpc) is 2.78. The summed E-state index contributed by atoms with van der Waals surface area (Å²) in [6.45, 7) is 5.53. The molecule has 0 saturated heterocycles. The van der Waals surface area contributed by atoms with Crippen LogP contribution < -0.4 is 14.5 Å². The summed E-state index contributed by atoms with van der Waals surface area (Å²) in [5, 5.41) is 6.70. The molecule has 0 spiro atoms. The topological polar surface area (TPSA) is 34.1 Å². The van der Waals surface area contributed by atoms with Crippen molar-refractivity contribution >= 4 is 17.6 Å². The molecule has 3 aromatic carbocycles. The van der Waals surface area contributed by atoms with E-state index in [-0.39, 0.29) is 0 Å². The molecule has 0 fully saturated rings. The zero-order chi connectivity index (χ0) is 20.3. The van der Waals surface area contributed by atoms with E-state index < -0.39 is 0 Å². The Morgan fingerprint density at radius 2 is 1.34 bits per heavy atom. The molecule has 0 aromatic heterocycles. The van der Waals surface area contributed by atoms with Crippen LogP contribution in [-0.2, 0) is 0 Å². The Morgan fingerprint density at radius 1 is 0.759 bits per heavy atom. The number of hydrogen-bond acceptors (Lipinski definition) is 4. The number of hydrazone groups is 1. The highest BCUT2D eigenvalue weighted by Gasteiger charge is 2.09. The maximum Gasteiger partial charge on any atom is 0.131 e. The predicted octanol–water partition coefficient (Wildman–Crippen LogP) is 6.44. The van der Waals surface area contributed by atoms with E-state index in [9.17, 15) is 0 Å². The van der Waals surface area contributed by atoms with Crippen LogP contribution in [-0.4, -0.2) is 19.4 Å². The summed E-state index contributed by atoms with van der Waals surface area (Å²) in [6, 6.07) is 26.1. The minimum atomic E-state index is 0.652. The number of nitrogens with zero attached hydrogens (tertiary/aromatic N) is 2. The largest absolute Gasteiger partial charge is 0.493 e. The predicted molar refractivity (Wildman–Crippen MR) is 121 cm³/mol. The second-order valence-corrected chi connectivity index (χ2v) is 6.62. The second-order valence-electron chi connectivity index (χ2n) is 6.62. The van der Waals surface area contributed by atoms with Crippen LogP contribution in [0.2, 0.25) is 0 Å². The lowest BCUT2D eigenvalue weighted by Gasteiger charge is -2.19. The van der Waals surface area contributed by atoms with Crippen LogP contribution in [0.5, 0.6) is 11.5 Å². The summed E-state index contributed by atoms with van der Waals surface area (Å²) in [5.41, 5.74) is 2.90. The van der Waals surface area contributed by atoms with Gasteiger partial charge in [0.25, 0.3) is 0 Å². The first-order valence-electron chi connectivity index (χ1n) is 10.2. The molecule has 0 atom stereocenters. The van der Waals surface area contributed by atoms with Gasteiger partial charge in [0.15, 0.2) is 0 Å². The molecule has 0 bridgehead atoms. The Kier molecular flexibility index (Phi) is 7.70. The molecule has 150 valence electrons. The first kappa shape index (κ1) is 20.5. The molecule has 4 nitrogen and oxygen atoms in total. The van der Waals surface area contributed by atoms with Gasteiger partial charge in [0.2, 0.25) is 0 Å². The summed E-state index contributed by atoms with van der Waals surface area (Å²) in [4.78, 5) is 0. The van der Waals surface area contributed by atoms with Crippen molar-refractivity contribution in [2.45, 2.75) is 26.7 Å². The lowest BCUT2D eigenvalue weighted by Crippen LogP contribution is -2.09. The van der Waals surface area contributed by atoms with E-state index >= 15 is 0 Å². The number of para-hydroxylation sites is 2. The van der Waals surface area contributed by atoms with Crippen LogP contribution in [0.15, 0.2) is 84.0 Å². The SMILES string of the molecule is CCCOc1ccc(/C=N\N(c2ccccc2)c2ccccc2)c(OCCC)c1. The van der Waals surface area contributed by atoms with Crippen molar-refractivity contribution in [1.82, 2.24) is 0 Å².